The van der Waals surface area contributed by atoms with Crippen LogP contribution in [0.4, 0.5) is 0 Å². The van der Waals surface area contributed by atoms with Gasteiger partial charge in [-0.15, -0.1) is 0 Å². The van der Waals surface area contributed by atoms with Crippen molar-refractivity contribution in [3.8, 4) is 0 Å². The van der Waals surface area contributed by atoms with E-state index >= 15 is 0 Å². The summed E-state index contributed by atoms with van der Waals surface area (Å²) in [7, 11) is 0. The van der Waals surface area contributed by atoms with E-state index in [1.165, 1.54) is 0 Å². The van der Waals surface area contributed by atoms with E-state index in [-0.39, 0.29) is 19.6 Å². The number of carboxylic acids is 1. The highest BCUT2D eigenvalue weighted by molar-refractivity contribution is 5.66. The molecule has 0 radical (unpaired) electrons. The summed E-state index contributed by atoms with van der Waals surface area (Å²) >= 11 is 0. The Labute approximate surface area is 71.6 Å². The van der Waals surface area contributed by atoms with Crippen molar-refractivity contribution in [2.45, 2.75) is 13.3 Å². The highest BCUT2D eigenvalue weighted by atomic mass is 16.5. The molecule has 0 aromatic heterocycles. The lowest BCUT2D eigenvalue weighted by Gasteiger charge is -1.94. The number of aliphatic hydroxyl groups excluding tert-OH is 2. The Balaban J connectivity index is 0. The monoisotopic (exact) mass is 180 g/mol. The molecule has 5 nitrogen and oxygen atoms in total. The van der Waals surface area contributed by atoms with Crippen molar-refractivity contribution < 1.29 is 24.9 Å². The molecule has 0 aliphatic heterocycles. The largest absolute Gasteiger partial charge is 0.481 e. The van der Waals surface area contributed by atoms with Gasteiger partial charge in [-0.2, -0.15) is 0 Å². The second-order valence-corrected chi connectivity index (χ2v) is 1.81. The number of rotatable bonds is 5. The molecule has 0 fully saturated rings. The Morgan fingerprint density at radius 1 is 1.25 bits per heavy atom. The maximum absolute atomic E-state index is 9.37. The number of hydrogen-bond donors (Lipinski definition) is 3. The van der Waals surface area contributed by atoms with Gasteiger partial charge in [0.15, 0.2) is 0 Å². The fourth-order valence-electron chi connectivity index (χ4n) is 0.231. The SMILES string of the molecule is CCC(=O)O.OCCOCCO. The minimum Gasteiger partial charge on any atom is -0.481 e. The van der Waals surface area contributed by atoms with Crippen molar-refractivity contribution in [1.82, 2.24) is 0 Å². The number of aliphatic hydroxyl groups is 2. The minimum atomic E-state index is -0.745. The lowest BCUT2D eigenvalue weighted by molar-refractivity contribution is -0.136. The van der Waals surface area contributed by atoms with Gasteiger partial charge in [-0.3, -0.25) is 4.79 Å². The average molecular weight is 180 g/mol. The van der Waals surface area contributed by atoms with Crippen molar-refractivity contribution in [2.75, 3.05) is 26.4 Å². The van der Waals surface area contributed by atoms with E-state index in [1.807, 2.05) is 0 Å². The Bertz CT molecular complexity index is 89.8. The molecule has 3 N–H and O–H groups in total. The van der Waals surface area contributed by atoms with Crippen LogP contribution in [0.3, 0.4) is 0 Å². The van der Waals surface area contributed by atoms with Crippen molar-refractivity contribution >= 4 is 5.97 Å². The fourth-order valence-corrected chi connectivity index (χ4v) is 0.231. The number of hydrogen-bond acceptors (Lipinski definition) is 4. The summed E-state index contributed by atoms with van der Waals surface area (Å²) in [5.74, 6) is -0.745. The molecule has 12 heavy (non-hydrogen) atoms. The summed E-state index contributed by atoms with van der Waals surface area (Å²) in [5, 5.41) is 23.9. The molecule has 0 spiro atoms. The quantitative estimate of drug-likeness (QED) is 0.495. The molecular formula is C7H16O5. The topological polar surface area (TPSA) is 87.0 Å². The van der Waals surface area contributed by atoms with Crippen molar-refractivity contribution in [3.05, 3.63) is 0 Å². The zero-order chi connectivity index (χ0) is 9.82. The molecule has 5 heteroatoms. The van der Waals surface area contributed by atoms with Gasteiger partial charge in [0, 0.05) is 6.42 Å². The summed E-state index contributed by atoms with van der Waals surface area (Å²) in [4.78, 5) is 9.37. The van der Waals surface area contributed by atoms with Crippen LogP contribution in [-0.2, 0) is 9.53 Å². The van der Waals surface area contributed by atoms with Crippen LogP contribution in [-0.4, -0.2) is 47.7 Å². The third-order valence-electron chi connectivity index (χ3n) is 0.774. The molecule has 0 aromatic rings. The lowest BCUT2D eigenvalue weighted by Crippen LogP contribution is -2.03. The van der Waals surface area contributed by atoms with Gasteiger partial charge in [-0.1, -0.05) is 6.92 Å². The highest BCUT2D eigenvalue weighted by Gasteiger charge is 1.81. The standard InChI is InChI=1S/C4H10O3.C3H6O2/c5-1-3-7-4-2-6;1-2-3(4)5/h5-6H,1-4H2;2H2,1H3,(H,4,5). The molecule has 0 heterocycles. The Morgan fingerprint density at radius 3 is 1.75 bits per heavy atom. The van der Waals surface area contributed by atoms with Gasteiger partial charge in [-0.05, 0) is 0 Å². The molecule has 74 valence electrons. The van der Waals surface area contributed by atoms with Crippen LogP contribution in [0.25, 0.3) is 0 Å². The van der Waals surface area contributed by atoms with Gasteiger partial charge < -0.3 is 20.1 Å². The number of carboxylic acid groups (broad SMARTS) is 1. The first-order chi connectivity index (χ1) is 5.68. The highest BCUT2D eigenvalue weighted by Crippen LogP contribution is 1.68. The van der Waals surface area contributed by atoms with E-state index in [2.05, 4.69) is 4.74 Å². The van der Waals surface area contributed by atoms with Gasteiger partial charge in [-0.25, -0.2) is 0 Å². The van der Waals surface area contributed by atoms with Crippen LogP contribution in [0, 0.1) is 0 Å². The minimum absolute atomic E-state index is 0.0278. The number of carbonyl (C=O) groups is 1. The van der Waals surface area contributed by atoms with Crippen molar-refractivity contribution in [1.29, 1.82) is 0 Å². The molecule has 0 unspecified atom stereocenters. The second kappa shape index (κ2) is 13.0. The van der Waals surface area contributed by atoms with Gasteiger partial charge in [0.05, 0.1) is 26.4 Å². The van der Waals surface area contributed by atoms with Gasteiger partial charge in [0.2, 0.25) is 0 Å². The van der Waals surface area contributed by atoms with Crippen LogP contribution in [0.5, 0.6) is 0 Å². The van der Waals surface area contributed by atoms with E-state index < -0.39 is 5.97 Å². The summed E-state index contributed by atoms with van der Waals surface area (Å²) in [5.41, 5.74) is 0. The van der Waals surface area contributed by atoms with Crippen LogP contribution in [0.2, 0.25) is 0 Å². The molecule has 0 saturated carbocycles. The molecule has 0 aromatic carbocycles. The third-order valence-corrected chi connectivity index (χ3v) is 0.774. The number of ether oxygens (including phenoxy) is 1. The van der Waals surface area contributed by atoms with Crippen molar-refractivity contribution in [2.24, 2.45) is 0 Å². The molecule has 0 aliphatic carbocycles. The smallest absolute Gasteiger partial charge is 0.303 e. The van der Waals surface area contributed by atoms with E-state index in [4.69, 9.17) is 15.3 Å². The van der Waals surface area contributed by atoms with E-state index in [1.54, 1.807) is 6.92 Å². The van der Waals surface area contributed by atoms with E-state index in [9.17, 15) is 4.79 Å². The zero-order valence-corrected chi connectivity index (χ0v) is 7.19. The Kier molecular flexibility index (Phi) is 15.0. The molecule has 0 amide bonds. The lowest BCUT2D eigenvalue weighted by atomic mass is 10.5. The normalized spacial score (nSPS) is 8.58. The van der Waals surface area contributed by atoms with E-state index in [0.717, 1.165) is 0 Å². The van der Waals surface area contributed by atoms with Crippen LogP contribution in [0.15, 0.2) is 0 Å². The maximum Gasteiger partial charge on any atom is 0.303 e. The first kappa shape index (κ1) is 13.9. The van der Waals surface area contributed by atoms with Crippen LogP contribution in [0.1, 0.15) is 13.3 Å². The maximum atomic E-state index is 9.37. The predicted octanol–water partition coefficient (Wildman–Crippen LogP) is -0.531. The van der Waals surface area contributed by atoms with Crippen LogP contribution < -0.4 is 0 Å². The average Bonchev–Trinajstić information content (AvgIpc) is 2.07. The number of aliphatic carboxylic acids is 1. The third kappa shape index (κ3) is 22.8. The van der Waals surface area contributed by atoms with Gasteiger partial charge in [0.1, 0.15) is 0 Å². The predicted molar refractivity (Wildman–Crippen MR) is 42.9 cm³/mol. The molecule has 0 saturated heterocycles. The first-order valence-corrected chi connectivity index (χ1v) is 3.70. The Hall–Kier alpha value is -0.650. The molecule has 0 rings (SSSR count). The zero-order valence-electron chi connectivity index (χ0n) is 7.19. The van der Waals surface area contributed by atoms with Crippen LogP contribution >= 0.6 is 0 Å². The molecule has 0 bridgehead atoms. The van der Waals surface area contributed by atoms with E-state index in [0.29, 0.717) is 13.2 Å². The van der Waals surface area contributed by atoms with Gasteiger partial charge >= 0.3 is 5.97 Å². The summed E-state index contributed by atoms with van der Waals surface area (Å²) in [6, 6.07) is 0. The molecular weight excluding hydrogens is 164 g/mol. The molecule has 0 atom stereocenters. The molecule has 0 aliphatic rings. The van der Waals surface area contributed by atoms with Gasteiger partial charge in [0.25, 0.3) is 0 Å². The fraction of sp³-hybridized carbons (Fsp3) is 0.857. The second-order valence-electron chi connectivity index (χ2n) is 1.81. The Morgan fingerprint density at radius 2 is 1.58 bits per heavy atom. The first-order valence-electron chi connectivity index (χ1n) is 3.70. The summed E-state index contributed by atoms with van der Waals surface area (Å²) < 4.78 is 4.63. The van der Waals surface area contributed by atoms with Crippen molar-refractivity contribution in [3.63, 3.8) is 0 Å². The summed E-state index contributed by atoms with van der Waals surface area (Å²) in [6.45, 7) is 2.30. The summed E-state index contributed by atoms with van der Waals surface area (Å²) in [6.07, 6.45) is 0.222.